The van der Waals surface area contributed by atoms with Crippen molar-refractivity contribution in [2.75, 3.05) is 0 Å². The van der Waals surface area contributed by atoms with Crippen LogP contribution in [0.4, 0.5) is 0 Å². The quantitative estimate of drug-likeness (QED) is 0.772. The molecular weight excluding hydrogens is 198 g/mol. The van der Waals surface area contributed by atoms with Crippen molar-refractivity contribution in [2.45, 2.75) is 26.2 Å². The second-order valence-electron chi connectivity index (χ2n) is 4.15. The van der Waals surface area contributed by atoms with Crippen LogP contribution in [0.25, 0.3) is 0 Å². The average molecular weight is 213 g/mol. The lowest BCUT2D eigenvalue weighted by molar-refractivity contribution is 0.430. The largest absolute Gasteiger partial charge is 0.260 e. The van der Waals surface area contributed by atoms with Gasteiger partial charge in [0, 0.05) is 6.20 Å². The molecule has 0 amide bonds. The van der Waals surface area contributed by atoms with Gasteiger partial charge in [0.1, 0.15) is 0 Å². The molecule has 1 aromatic heterocycles. The van der Waals surface area contributed by atoms with Crippen LogP contribution in [-0.4, -0.2) is 4.98 Å². The number of aromatic nitrogens is 1. The maximum absolute atomic E-state index is 9.11. The second-order valence-corrected chi connectivity index (χ2v) is 4.15. The molecule has 0 saturated carbocycles. The summed E-state index contributed by atoms with van der Waals surface area (Å²) in [4.78, 5) is 4.16. The molecule has 0 bridgehead atoms. The van der Waals surface area contributed by atoms with E-state index in [1.165, 1.54) is 0 Å². The number of hydrogen-bond donors (Lipinski definition) is 0. The Morgan fingerprint density at radius 3 is 2.44 bits per heavy atom. The van der Waals surface area contributed by atoms with Crippen molar-refractivity contribution >= 4 is 0 Å². The van der Waals surface area contributed by atoms with Gasteiger partial charge in [-0.1, -0.05) is 19.9 Å². The summed E-state index contributed by atoms with van der Waals surface area (Å²) in [6.07, 6.45) is 2.23. The third kappa shape index (κ3) is 3.07. The molecule has 82 valence electrons. The van der Waals surface area contributed by atoms with Crippen LogP contribution in [0.2, 0.25) is 0 Å². The van der Waals surface area contributed by atoms with Gasteiger partial charge in [0.05, 0.1) is 29.7 Å². The van der Waals surface area contributed by atoms with E-state index in [0.717, 1.165) is 5.69 Å². The summed E-state index contributed by atoms with van der Waals surface area (Å²) < 4.78 is 0. The first-order valence-electron chi connectivity index (χ1n) is 5.39. The van der Waals surface area contributed by atoms with E-state index in [4.69, 9.17) is 10.5 Å². The van der Waals surface area contributed by atoms with Crippen LogP contribution >= 0.6 is 0 Å². The van der Waals surface area contributed by atoms with Gasteiger partial charge in [-0.3, -0.25) is 4.98 Å². The zero-order chi connectivity index (χ0) is 12.0. The van der Waals surface area contributed by atoms with Crippen molar-refractivity contribution in [3.8, 4) is 12.1 Å². The zero-order valence-corrected chi connectivity index (χ0v) is 9.59. The van der Waals surface area contributed by atoms with Crippen molar-refractivity contribution < 1.29 is 0 Å². The van der Waals surface area contributed by atoms with Gasteiger partial charge in [0.2, 0.25) is 0 Å². The van der Waals surface area contributed by atoms with Crippen LogP contribution in [0.1, 0.15) is 31.9 Å². The van der Waals surface area contributed by atoms with Gasteiger partial charge in [-0.2, -0.15) is 10.5 Å². The minimum absolute atomic E-state index is 0.0911. The van der Waals surface area contributed by atoms with E-state index in [-0.39, 0.29) is 17.8 Å². The molecule has 0 fully saturated rings. The van der Waals surface area contributed by atoms with Gasteiger partial charge in [0.25, 0.3) is 0 Å². The summed E-state index contributed by atoms with van der Waals surface area (Å²) in [5.74, 6) is -0.107. The Labute approximate surface area is 96.4 Å². The first kappa shape index (κ1) is 12.2. The predicted molar refractivity (Wildman–Crippen MR) is 61.1 cm³/mol. The van der Waals surface area contributed by atoms with E-state index in [9.17, 15) is 0 Å². The first-order valence-corrected chi connectivity index (χ1v) is 5.39. The van der Waals surface area contributed by atoms with Crippen LogP contribution < -0.4 is 0 Å². The molecule has 16 heavy (non-hydrogen) atoms. The fraction of sp³-hybridized carbons (Fsp3) is 0.462. The molecule has 0 spiro atoms. The predicted octanol–water partition coefficient (Wildman–Crippen LogP) is 2.87. The van der Waals surface area contributed by atoms with Gasteiger partial charge in [-0.25, -0.2) is 0 Å². The molecule has 0 saturated heterocycles. The fourth-order valence-corrected chi connectivity index (χ4v) is 1.55. The van der Waals surface area contributed by atoms with Crippen molar-refractivity contribution in [1.29, 1.82) is 10.5 Å². The molecular formula is C13H15N3. The lowest BCUT2D eigenvalue weighted by Crippen LogP contribution is -2.11. The topological polar surface area (TPSA) is 60.5 Å². The first-order chi connectivity index (χ1) is 7.69. The van der Waals surface area contributed by atoms with Crippen LogP contribution in [-0.2, 0) is 0 Å². The fourth-order valence-electron chi connectivity index (χ4n) is 1.55. The Balaban J connectivity index is 2.79. The highest BCUT2D eigenvalue weighted by molar-refractivity contribution is 5.17. The minimum atomic E-state index is -0.284. The number of nitrogens with zero attached hydrogens (tertiary/aromatic N) is 3. The molecule has 2 atom stereocenters. The number of hydrogen-bond acceptors (Lipinski definition) is 3. The Morgan fingerprint density at radius 1 is 1.25 bits per heavy atom. The Morgan fingerprint density at radius 2 is 2.00 bits per heavy atom. The van der Waals surface area contributed by atoms with Crippen molar-refractivity contribution in [3.05, 3.63) is 30.1 Å². The summed E-state index contributed by atoms with van der Waals surface area (Å²) in [7, 11) is 0. The lowest BCUT2D eigenvalue weighted by Gasteiger charge is -2.15. The number of rotatable bonds is 4. The lowest BCUT2D eigenvalue weighted by atomic mass is 9.86. The normalized spacial score (nSPS) is 13.8. The smallest absolute Gasteiger partial charge is 0.0897 e. The third-order valence-corrected chi connectivity index (χ3v) is 2.66. The molecule has 3 nitrogen and oxygen atoms in total. The molecule has 0 aliphatic rings. The summed E-state index contributed by atoms with van der Waals surface area (Å²) in [5.41, 5.74) is 0.755. The van der Waals surface area contributed by atoms with Gasteiger partial charge in [-0.15, -0.1) is 0 Å². The van der Waals surface area contributed by atoms with Crippen LogP contribution in [0, 0.1) is 34.5 Å². The standard InChI is InChI=1S/C13H15N3/c1-10(2)11(8-14)7-12(9-15)13-5-3-4-6-16-13/h3-6,10-12H,7H2,1-2H3. The Kier molecular flexibility index (Phi) is 4.48. The maximum atomic E-state index is 9.11. The molecule has 1 heterocycles. The SMILES string of the molecule is CC(C)C(C#N)CC(C#N)c1ccccn1. The van der Waals surface area contributed by atoms with Crippen LogP contribution in [0.3, 0.4) is 0 Å². The van der Waals surface area contributed by atoms with E-state index < -0.39 is 0 Å². The van der Waals surface area contributed by atoms with E-state index in [1.807, 2.05) is 32.0 Å². The van der Waals surface area contributed by atoms with E-state index in [0.29, 0.717) is 6.42 Å². The molecule has 1 rings (SSSR count). The van der Waals surface area contributed by atoms with Crippen molar-refractivity contribution in [2.24, 2.45) is 11.8 Å². The average Bonchev–Trinajstić information content (AvgIpc) is 2.31. The van der Waals surface area contributed by atoms with Crippen molar-refractivity contribution in [3.63, 3.8) is 0 Å². The Bertz CT molecular complexity index is 397. The maximum Gasteiger partial charge on any atom is 0.0897 e. The minimum Gasteiger partial charge on any atom is -0.260 e. The second kappa shape index (κ2) is 5.88. The van der Waals surface area contributed by atoms with Gasteiger partial charge in [0.15, 0.2) is 0 Å². The van der Waals surface area contributed by atoms with Gasteiger partial charge >= 0.3 is 0 Å². The van der Waals surface area contributed by atoms with Gasteiger partial charge in [-0.05, 0) is 24.5 Å². The summed E-state index contributed by atoms with van der Waals surface area (Å²) in [6, 6.07) is 10.0. The monoisotopic (exact) mass is 213 g/mol. The van der Waals surface area contributed by atoms with Crippen LogP contribution in [0.5, 0.6) is 0 Å². The van der Waals surface area contributed by atoms with Crippen molar-refractivity contribution in [1.82, 2.24) is 4.98 Å². The molecule has 1 aromatic rings. The summed E-state index contributed by atoms with van der Waals surface area (Å²) in [6.45, 7) is 4.00. The third-order valence-electron chi connectivity index (χ3n) is 2.66. The zero-order valence-electron chi connectivity index (χ0n) is 9.59. The van der Waals surface area contributed by atoms with E-state index in [1.54, 1.807) is 6.20 Å². The molecule has 0 radical (unpaired) electrons. The molecule has 0 aliphatic carbocycles. The highest BCUT2D eigenvalue weighted by Gasteiger charge is 2.20. The molecule has 2 unspecified atom stereocenters. The summed E-state index contributed by atoms with van der Waals surface area (Å²) in [5, 5.41) is 18.1. The molecule has 0 aromatic carbocycles. The number of pyridine rings is 1. The van der Waals surface area contributed by atoms with E-state index in [2.05, 4.69) is 17.1 Å². The van der Waals surface area contributed by atoms with Gasteiger partial charge < -0.3 is 0 Å². The molecule has 0 N–H and O–H groups in total. The highest BCUT2D eigenvalue weighted by atomic mass is 14.7. The summed E-state index contributed by atoms with van der Waals surface area (Å²) >= 11 is 0. The Hall–Kier alpha value is -1.87. The molecule has 3 heteroatoms. The highest BCUT2D eigenvalue weighted by Crippen LogP contribution is 2.25. The number of nitriles is 2. The van der Waals surface area contributed by atoms with E-state index >= 15 is 0 Å². The molecule has 0 aliphatic heterocycles. The van der Waals surface area contributed by atoms with Crippen LogP contribution in [0.15, 0.2) is 24.4 Å².